The van der Waals surface area contributed by atoms with Crippen LogP contribution < -0.4 is 25.6 Å². The molecule has 0 spiro atoms. The number of nitrogens with one attached hydrogen (secondary N) is 3. The molecule has 0 bridgehead atoms. The molecule has 0 fully saturated rings. The lowest BCUT2D eigenvalue weighted by Crippen LogP contribution is -2.54. The van der Waals surface area contributed by atoms with Gasteiger partial charge in [-0.1, -0.05) is 26.0 Å². The van der Waals surface area contributed by atoms with Crippen LogP contribution in [0.25, 0.3) is 0 Å². The molecule has 0 saturated heterocycles. The maximum atomic E-state index is 13.8. The number of benzene rings is 2. The lowest BCUT2D eigenvalue weighted by atomic mass is 10.0. The molecule has 0 aliphatic carbocycles. The smallest absolute Gasteiger partial charge is 0.269 e. The van der Waals surface area contributed by atoms with E-state index in [1.54, 1.807) is 19.9 Å². The van der Waals surface area contributed by atoms with Crippen molar-refractivity contribution in [3.8, 4) is 11.5 Å². The van der Waals surface area contributed by atoms with E-state index < -0.39 is 29.6 Å². The van der Waals surface area contributed by atoms with Crippen molar-refractivity contribution in [2.24, 2.45) is 5.92 Å². The van der Waals surface area contributed by atoms with E-state index in [0.717, 1.165) is 6.07 Å². The predicted molar refractivity (Wildman–Crippen MR) is 106 cm³/mol. The summed E-state index contributed by atoms with van der Waals surface area (Å²) in [7, 11) is 0. The quantitative estimate of drug-likeness (QED) is 0.646. The summed E-state index contributed by atoms with van der Waals surface area (Å²) in [6.07, 6.45) is 0. The van der Waals surface area contributed by atoms with Crippen LogP contribution in [-0.4, -0.2) is 37.0 Å². The standard InChI is InChI=1S/C21H22FN3O5/c1-12(2)18(23-20(27)14-5-3-4-6-15(14)22)21(28)25-24-19(26)13-7-8-16-17(11-13)30-10-9-29-16/h3-8,11-12,18H,9-10H2,1-2H3,(H,23,27)(H,24,26)(H,25,28)/t18-/m0/s1. The van der Waals surface area contributed by atoms with Crippen molar-refractivity contribution in [3.63, 3.8) is 0 Å². The number of carbonyl (C=O) groups excluding carboxylic acids is 3. The van der Waals surface area contributed by atoms with E-state index >= 15 is 0 Å². The number of fused-ring (bicyclic) bond motifs is 1. The fourth-order valence-electron chi connectivity index (χ4n) is 2.85. The maximum Gasteiger partial charge on any atom is 0.269 e. The van der Waals surface area contributed by atoms with Crippen LogP contribution in [0.3, 0.4) is 0 Å². The highest BCUT2D eigenvalue weighted by atomic mass is 19.1. The van der Waals surface area contributed by atoms with Gasteiger partial charge in [-0.05, 0) is 36.2 Å². The van der Waals surface area contributed by atoms with Gasteiger partial charge >= 0.3 is 0 Å². The lowest BCUT2D eigenvalue weighted by molar-refractivity contribution is -0.124. The third-order valence-corrected chi connectivity index (χ3v) is 4.46. The second-order valence-corrected chi connectivity index (χ2v) is 6.98. The zero-order chi connectivity index (χ0) is 21.7. The Labute approximate surface area is 172 Å². The van der Waals surface area contributed by atoms with Gasteiger partial charge in [0.2, 0.25) is 0 Å². The van der Waals surface area contributed by atoms with E-state index in [-0.39, 0.29) is 17.0 Å². The summed E-state index contributed by atoms with van der Waals surface area (Å²) in [5.41, 5.74) is 4.69. The number of amides is 3. The summed E-state index contributed by atoms with van der Waals surface area (Å²) in [5.74, 6) is -1.95. The Hall–Kier alpha value is -3.62. The van der Waals surface area contributed by atoms with Crippen molar-refractivity contribution < 1.29 is 28.2 Å². The first-order valence-electron chi connectivity index (χ1n) is 9.42. The normalized spacial score (nSPS) is 13.3. The predicted octanol–water partition coefficient (Wildman–Crippen LogP) is 1.81. The summed E-state index contributed by atoms with van der Waals surface area (Å²) < 4.78 is 24.7. The third kappa shape index (κ3) is 4.86. The van der Waals surface area contributed by atoms with Crippen LogP contribution in [0.2, 0.25) is 0 Å². The molecule has 158 valence electrons. The molecule has 3 rings (SSSR count). The van der Waals surface area contributed by atoms with Crippen LogP contribution in [0.5, 0.6) is 11.5 Å². The Morgan fingerprint density at radius 3 is 2.33 bits per heavy atom. The molecule has 0 radical (unpaired) electrons. The minimum Gasteiger partial charge on any atom is -0.486 e. The van der Waals surface area contributed by atoms with Gasteiger partial charge in [-0.3, -0.25) is 25.2 Å². The van der Waals surface area contributed by atoms with Gasteiger partial charge in [0.15, 0.2) is 11.5 Å². The highest BCUT2D eigenvalue weighted by Crippen LogP contribution is 2.30. The summed E-state index contributed by atoms with van der Waals surface area (Å²) in [4.78, 5) is 37.2. The minimum atomic E-state index is -0.988. The topological polar surface area (TPSA) is 106 Å². The van der Waals surface area contributed by atoms with Gasteiger partial charge in [-0.15, -0.1) is 0 Å². The summed E-state index contributed by atoms with van der Waals surface area (Å²) in [6.45, 7) is 4.25. The Morgan fingerprint density at radius 2 is 1.63 bits per heavy atom. The zero-order valence-electron chi connectivity index (χ0n) is 16.5. The Kier molecular flexibility index (Phi) is 6.51. The summed E-state index contributed by atoms with van der Waals surface area (Å²) >= 11 is 0. The number of halogens is 1. The number of hydrogen-bond donors (Lipinski definition) is 3. The van der Waals surface area contributed by atoms with Gasteiger partial charge < -0.3 is 14.8 Å². The number of hydrogen-bond acceptors (Lipinski definition) is 5. The molecule has 9 heteroatoms. The van der Waals surface area contributed by atoms with Gasteiger partial charge in [0.25, 0.3) is 17.7 Å². The fraction of sp³-hybridized carbons (Fsp3) is 0.286. The van der Waals surface area contributed by atoms with Gasteiger partial charge in [0.1, 0.15) is 25.1 Å². The first kappa shape index (κ1) is 21.1. The molecule has 1 atom stereocenters. The van der Waals surface area contributed by atoms with Crippen LogP contribution in [0, 0.1) is 11.7 Å². The molecule has 30 heavy (non-hydrogen) atoms. The lowest BCUT2D eigenvalue weighted by Gasteiger charge is -2.22. The highest BCUT2D eigenvalue weighted by molar-refractivity contribution is 5.99. The first-order valence-corrected chi connectivity index (χ1v) is 9.42. The average molecular weight is 415 g/mol. The van der Waals surface area contributed by atoms with Crippen molar-refractivity contribution >= 4 is 17.7 Å². The molecule has 0 aromatic heterocycles. The Balaban J connectivity index is 1.62. The monoisotopic (exact) mass is 415 g/mol. The zero-order valence-corrected chi connectivity index (χ0v) is 16.5. The second kappa shape index (κ2) is 9.25. The number of hydrazine groups is 1. The van der Waals surface area contributed by atoms with Crippen LogP contribution >= 0.6 is 0 Å². The second-order valence-electron chi connectivity index (χ2n) is 6.98. The van der Waals surface area contributed by atoms with Gasteiger partial charge in [0, 0.05) is 5.56 Å². The molecule has 1 aliphatic heterocycles. The highest BCUT2D eigenvalue weighted by Gasteiger charge is 2.26. The molecule has 1 aliphatic rings. The minimum absolute atomic E-state index is 0.170. The SMILES string of the molecule is CC(C)[C@H](NC(=O)c1ccccc1F)C(=O)NNC(=O)c1ccc2c(c1)OCCO2. The molecule has 2 aromatic rings. The molecule has 0 unspecified atom stereocenters. The molecule has 8 nitrogen and oxygen atoms in total. The van der Waals surface area contributed by atoms with Crippen LogP contribution in [0.4, 0.5) is 4.39 Å². The largest absolute Gasteiger partial charge is 0.486 e. The molecule has 0 saturated carbocycles. The van der Waals surface area contributed by atoms with Gasteiger partial charge in [0.05, 0.1) is 5.56 Å². The number of ether oxygens (including phenoxy) is 2. The van der Waals surface area contributed by atoms with E-state index in [9.17, 15) is 18.8 Å². The molecule has 2 aromatic carbocycles. The van der Waals surface area contributed by atoms with Crippen molar-refractivity contribution in [1.82, 2.24) is 16.2 Å². The molecule has 1 heterocycles. The molecular weight excluding hydrogens is 393 g/mol. The van der Waals surface area contributed by atoms with E-state index in [1.165, 1.54) is 30.3 Å². The summed E-state index contributed by atoms with van der Waals surface area (Å²) in [5, 5.41) is 2.50. The van der Waals surface area contributed by atoms with E-state index in [2.05, 4.69) is 16.2 Å². The number of rotatable bonds is 5. The molecular formula is C21H22FN3O5. The Morgan fingerprint density at radius 1 is 0.933 bits per heavy atom. The van der Waals surface area contributed by atoms with Crippen LogP contribution in [-0.2, 0) is 4.79 Å². The van der Waals surface area contributed by atoms with Crippen molar-refractivity contribution in [3.05, 3.63) is 59.4 Å². The van der Waals surface area contributed by atoms with E-state index in [1.807, 2.05) is 0 Å². The average Bonchev–Trinajstić information content (AvgIpc) is 2.75. The van der Waals surface area contributed by atoms with Gasteiger partial charge in [-0.2, -0.15) is 0 Å². The summed E-state index contributed by atoms with van der Waals surface area (Å²) in [6, 6.07) is 9.14. The number of carbonyl (C=O) groups is 3. The van der Waals surface area contributed by atoms with E-state index in [0.29, 0.717) is 24.7 Å². The maximum absolute atomic E-state index is 13.8. The van der Waals surface area contributed by atoms with Crippen molar-refractivity contribution in [2.45, 2.75) is 19.9 Å². The van der Waals surface area contributed by atoms with Gasteiger partial charge in [-0.25, -0.2) is 4.39 Å². The Bertz CT molecular complexity index is 963. The third-order valence-electron chi connectivity index (χ3n) is 4.46. The van der Waals surface area contributed by atoms with Crippen molar-refractivity contribution in [1.29, 1.82) is 0 Å². The van der Waals surface area contributed by atoms with Crippen LogP contribution in [0.15, 0.2) is 42.5 Å². The van der Waals surface area contributed by atoms with Crippen LogP contribution in [0.1, 0.15) is 34.6 Å². The molecule has 3 N–H and O–H groups in total. The first-order chi connectivity index (χ1) is 14.4. The molecule has 3 amide bonds. The van der Waals surface area contributed by atoms with Crippen molar-refractivity contribution in [2.75, 3.05) is 13.2 Å². The van der Waals surface area contributed by atoms with E-state index in [4.69, 9.17) is 9.47 Å². The fourth-order valence-corrected chi connectivity index (χ4v) is 2.85.